The van der Waals surface area contributed by atoms with Gasteiger partial charge in [0.1, 0.15) is 0 Å². The molecular weight excluding hydrogens is 144 g/mol. The van der Waals surface area contributed by atoms with E-state index < -0.39 is 0 Å². The Morgan fingerprint density at radius 3 is 2.45 bits per heavy atom. The van der Waals surface area contributed by atoms with Crippen LogP contribution in [-0.4, -0.2) is 35.8 Å². The predicted octanol–water partition coefficient (Wildman–Crippen LogP) is -0.0109. The van der Waals surface area contributed by atoms with Crippen molar-refractivity contribution in [2.24, 2.45) is 0 Å². The van der Waals surface area contributed by atoms with Gasteiger partial charge in [0.15, 0.2) is 5.78 Å². The number of urea groups is 1. The highest BCUT2D eigenvalue weighted by Crippen LogP contribution is 2.01. The second kappa shape index (κ2) is 2.90. The summed E-state index contributed by atoms with van der Waals surface area (Å²) in [6.45, 7) is 4.33. The summed E-state index contributed by atoms with van der Waals surface area (Å²) in [5, 5.41) is 2.70. The van der Waals surface area contributed by atoms with Gasteiger partial charge in [0, 0.05) is 6.04 Å². The van der Waals surface area contributed by atoms with Crippen molar-refractivity contribution in [2.45, 2.75) is 19.9 Å². The summed E-state index contributed by atoms with van der Waals surface area (Å²) in [4.78, 5) is 23.0. The van der Waals surface area contributed by atoms with Crippen molar-refractivity contribution in [1.82, 2.24) is 10.2 Å². The molecule has 1 aliphatic rings. The van der Waals surface area contributed by atoms with Crippen LogP contribution < -0.4 is 5.32 Å². The molecule has 0 aromatic carbocycles. The Hall–Kier alpha value is -1.06. The van der Waals surface area contributed by atoms with Crippen LogP contribution in [0.15, 0.2) is 0 Å². The third kappa shape index (κ3) is 1.93. The molecule has 62 valence electrons. The van der Waals surface area contributed by atoms with Gasteiger partial charge in [-0.3, -0.25) is 4.79 Å². The Balaban J connectivity index is 2.26. The molecule has 1 rings (SSSR count). The Labute approximate surface area is 65.6 Å². The number of nitrogens with one attached hydrogen (secondary N) is 1. The van der Waals surface area contributed by atoms with Gasteiger partial charge in [-0.1, -0.05) is 0 Å². The Bertz CT molecular complexity index is 181. The molecule has 1 aliphatic heterocycles. The first-order chi connectivity index (χ1) is 5.09. The van der Waals surface area contributed by atoms with Gasteiger partial charge in [0.05, 0.1) is 13.1 Å². The van der Waals surface area contributed by atoms with Crippen LogP contribution in [0.25, 0.3) is 0 Å². The lowest BCUT2D eigenvalue weighted by atomic mass is 10.2. The predicted molar refractivity (Wildman–Crippen MR) is 40.2 cm³/mol. The van der Waals surface area contributed by atoms with E-state index in [9.17, 15) is 9.59 Å². The number of carbonyl (C=O) groups excluding carboxylic acids is 2. The van der Waals surface area contributed by atoms with Gasteiger partial charge in [-0.15, -0.1) is 0 Å². The molecule has 0 aromatic rings. The molecule has 0 atom stereocenters. The minimum absolute atomic E-state index is 0.129. The average molecular weight is 156 g/mol. The number of hydrogen-bond donors (Lipinski definition) is 1. The fourth-order valence-electron chi connectivity index (χ4n) is 0.861. The maximum Gasteiger partial charge on any atom is 0.318 e. The van der Waals surface area contributed by atoms with E-state index in [1.807, 2.05) is 13.8 Å². The molecule has 4 nitrogen and oxygen atoms in total. The van der Waals surface area contributed by atoms with Crippen LogP contribution >= 0.6 is 0 Å². The fraction of sp³-hybridized carbons (Fsp3) is 0.714. The van der Waals surface area contributed by atoms with E-state index >= 15 is 0 Å². The van der Waals surface area contributed by atoms with Crippen LogP contribution in [0.1, 0.15) is 13.8 Å². The Morgan fingerprint density at radius 1 is 1.55 bits per heavy atom. The summed E-state index contributed by atoms with van der Waals surface area (Å²) in [5.41, 5.74) is 0. The van der Waals surface area contributed by atoms with Crippen molar-refractivity contribution in [3.8, 4) is 0 Å². The zero-order valence-electron chi connectivity index (χ0n) is 6.76. The summed E-state index contributed by atoms with van der Waals surface area (Å²) in [5.74, 6) is 0.129. The molecule has 11 heavy (non-hydrogen) atoms. The van der Waals surface area contributed by atoms with Crippen LogP contribution in [0.4, 0.5) is 4.79 Å². The number of ketones is 1. The number of Topliss-reactive ketones (excluding diaryl/α,β-unsaturated/α-hetero) is 1. The molecule has 2 amide bonds. The molecule has 1 fully saturated rings. The van der Waals surface area contributed by atoms with Crippen LogP contribution in [0.3, 0.4) is 0 Å². The number of hydrogen-bond acceptors (Lipinski definition) is 2. The highest BCUT2D eigenvalue weighted by Gasteiger charge is 2.27. The van der Waals surface area contributed by atoms with Crippen LogP contribution in [0.2, 0.25) is 0 Å². The van der Waals surface area contributed by atoms with E-state index in [0.717, 1.165) is 0 Å². The number of amides is 2. The Kier molecular flexibility index (Phi) is 2.12. The average Bonchev–Trinajstić information content (AvgIpc) is 1.79. The normalized spacial score (nSPS) is 16.6. The molecular formula is C7H12N2O2. The second-order valence-corrected chi connectivity index (χ2v) is 3.00. The van der Waals surface area contributed by atoms with Gasteiger partial charge in [-0.25, -0.2) is 4.79 Å². The van der Waals surface area contributed by atoms with Crippen molar-refractivity contribution >= 4 is 11.8 Å². The smallest absolute Gasteiger partial charge is 0.318 e. The third-order valence-corrected chi connectivity index (χ3v) is 1.43. The molecule has 1 heterocycles. The molecule has 0 bridgehead atoms. The topological polar surface area (TPSA) is 49.4 Å². The van der Waals surface area contributed by atoms with E-state index in [1.165, 1.54) is 4.90 Å². The lowest BCUT2D eigenvalue weighted by Crippen LogP contribution is -2.55. The van der Waals surface area contributed by atoms with Gasteiger partial charge in [0.25, 0.3) is 0 Å². The van der Waals surface area contributed by atoms with Crippen molar-refractivity contribution in [1.29, 1.82) is 0 Å². The molecule has 1 N–H and O–H groups in total. The Morgan fingerprint density at radius 2 is 2.09 bits per heavy atom. The largest absolute Gasteiger partial charge is 0.336 e. The lowest BCUT2D eigenvalue weighted by molar-refractivity contribution is -0.126. The van der Waals surface area contributed by atoms with Gasteiger partial charge in [0.2, 0.25) is 0 Å². The SMILES string of the molecule is CC(C)NC(=O)N1CC(=O)C1. The molecule has 0 radical (unpaired) electrons. The molecule has 0 spiro atoms. The molecule has 0 saturated carbocycles. The molecule has 1 saturated heterocycles. The van der Waals surface area contributed by atoms with E-state index in [1.54, 1.807) is 0 Å². The highest BCUT2D eigenvalue weighted by molar-refractivity contribution is 5.95. The van der Waals surface area contributed by atoms with E-state index in [-0.39, 0.29) is 30.9 Å². The summed E-state index contributed by atoms with van der Waals surface area (Å²) >= 11 is 0. The number of rotatable bonds is 1. The molecule has 0 aromatic heterocycles. The second-order valence-electron chi connectivity index (χ2n) is 3.00. The quantitative estimate of drug-likeness (QED) is 0.580. The zero-order valence-corrected chi connectivity index (χ0v) is 6.76. The highest BCUT2D eigenvalue weighted by atomic mass is 16.2. The van der Waals surface area contributed by atoms with E-state index in [4.69, 9.17) is 0 Å². The number of nitrogens with zero attached hydrogens (tertiary/aromatic N) is 1. The molecule has 4 heteroatoms. The van der Waals surface area contributed by atoms with Crippen molar-refractivity contribution in [3.63, 3.8) is 0 Å². The standard InChI is InChI=1S/C7H12N2O2/c1-5(2)8-7(11)9-3-6(10)4-9/h5H,3-4H2,1-2H3,(H,8,11). The first-order valence-corrected chi connectivity index (χ1v) is 3.66. The first kappa shape index (κ1) is 8.04. The summed E-state index contributed by atoms with van der Waals surface area (Å²) in [6.07, 6.45) is 0. The van der Waals surface area contributed by atoms with Gasteiger partial charge in [-0.05, 0) is 13.8 Å². The minimum atomic E-state index is -0.139. The van der Waals surface area contributed by atoms with E-state index in [2.05, 4.69) is 5.32 Å². The number of likely N-dealkylation sites (tertiary alicyclic amines) is 1. The number of carbonyl (C=O) groups is 2. The van der Waals surface area contributed by atoms with Crippen molar-refractivity contribution < 1.29 is 9.59 Å². The zero-order chi connectivity index (χ0) is 8.43. The van der Waals surface area contributed by atoms with Crippen LogP contribution in [-0.2, 0) is 4.79 Å². The van der Waals surface area contributed by atoms with Crippen LogP contribution in [0.5, 0.6) is 0 Å². The van der Waals surface area contributed by atoms with E-state index in [0.29, 0.717) is 0 Å². The van der Waals surface area contributed by atoms with Gasteiger partial charge < -0.3 is 10.2 Å². The minimum Gasteiger partial charge on any atom is -0.336 e. The fourth-order valence-corrected chi connectivity index (χ4v) is 0.861. The lowest BCUT2D eigenvalue weighted by Gasteiger charge is -2.30. The first-order valence-electron chi connectivity index (χ1n) is 3.66. The van der Waals surface area contributed by atoms with Gasteiger partial charge >= 0.3 is 6.03 Å². The summed E-state index contributed by atoms with van der Waals surface area (Å²) < 4.78 is 0. The maximum atomic E-state index is 11.0. The molecule has 0 unspecified atom stereocenters. The summed E-state index contributed by atoms with van der Waals surface area (Å²) in [6, 6.07) is -0.00204. The monoisotopic (exact) mass is 156 g/mol. The van der Waals surface area contributed by atoms with Gasteiger partial charge in [-0.2, -0.15) is 0 Å². The van der Waals surface area contributed by atoms with Crippen LogP contribution in [0, 0.1) is 0 Å². The third-order valence-electron chi connectivity index (χ3n) is 1.43. The molecule has 0 aliphatic carbocycles. The maximum absolute atomic E-state index is 11.0. The van der Waals surface area contributed by atoms with Crippen molar-refractivity contribution in [2.75, 3.05) is 13.1 Å². The summed E-state index contributed by atoms with van der Waals surface area (Å²) in [7, 11) is 0. The van der Waals surface area contributed by atoms with Crippen molar-refractivity contribution in [3.05, 3.63) is 0 Å².